The van der Waals surface area contributed by atoms with Crippen LogP contribution < -0.4 is 15.2 Å². The Kier molecular flexibility index (Phi) is 4.85. The average molecular weight is 289 g/mol. The van der Waals surface area contributed by atoms with E-state index in [2.05, 4.69) is 30.1 Å². The van der Waals surface area contributed by atoms with E-state index in [-0.39, 0.29) is 5.92 Å². The number of aromatic nitrogens is 2. The minimum atomic E-state index is 0.0600. The van der Waals surface area contributed by atoms with Crippen molar-refractivity contribution in [1.29, 1.82) is 0 Å². The van der Waals surface area contributed by atoms with Crippen LogP contribution in [0.1, 0.15) is 42.6 Å². The summed E-state index contributed by atoms with van der Waals surface area (Å²) in [4.78, 5) is 0. The van der Waals surface area contributed by atoms with Crippen LogP contribution in [0.3, 0.4) is 0 Å². The third-order valence-corrected chi connectivity index (χ3v) is 3.63. The molecule has 0 bridgehead atoms. The molecule has 0 saturated carbocycles. The zero-order chi connectivity index (χ0) is 15.4. The maximum Gasteiger partial charge on any atom is 0.161 e. The van der Waals surface area contributed by atoms with E-state index < -0.39 is 0 Å². The van der Waals surface area contributed by atoms with Crippen LogP contribution in [0.2, 0.25) is 0 Å². The molecular weight excluding hydrogens is 266 g/mol. The van der Waals surface area contributed by atoms with Crippen molar-refractivity contribution in [2.75, 3.05) is 20.8 Å². The smallest absolute Gasteiger partial charge is 0.161 e. The molecule has 2 rings (SSSR count). The van der Waals surface area contributed by atoms with Gasteiger partial charge in [0, 0.05) is 18.2 Å². The molecule has 0 saturated heterocycles. The lowest BCUT2D eigenvalue weighted by Gasteiger charge is -2.16. The maximum atomic E-state index is 5.96. The molecule has 2 aromatic rings. The molecule has 5 nitrogen and oxygen atoms in total. The summed E-state index contributed by atoms with van der Waals surface area (Å²) in [7, 11) is 3.26. The third-order valence-electron chi connectivity index (χ3n) is 3.63. The zero-order valence-corrected chi connectivity index (χ0v) is 13.0. The highest BCUT2D eigenvalue weighted by atomic mass is 16.5. The maximum absolute atomic E-state index is 5.96. The Bertz CT molecular complexity index is 593. The minimum Gasteiger partial charge on any atom is -0.493 e. The Labute approximate surface area is 125 Å². The summed E-state index contributed by atoms with van der Waals surface area (Å²) in [5.74, 6) is 1.87. The van der Waals surface area contributed by atoms with Crippen LogP contribution in [0.4, 0.5) is 0 Å². The van der Waals surface area contributed by atoms with Crippen LogP contribution in [0.15, 0.2) is 24.3 Å². The Balaban J connectivity index is 2.36. The average Bonchev–Trinajstić information content (AvgIpc) is 2.97. The first-order valence-corrected chi connectivity index (χ1v) is 7.07. The predicted molar refractivity (Wildman–Crippen MR) is 83.1 cm³/mol. The number of aromatic amines is 1. The van der Waals surface area contributed by atoms with Gasteiger partial charge in [0.25, 0.3) is 0 Å². The van der Waals surface area contributed by atoms with Crippen LogP contribution in [0.25, 0.3) is 0 Å². The number of ether oxygens (including phenoxy) is 2. The van der Waals surface area contributed by atoms with Gasteiger partial charge < -0.3 is 15.2 Å². The third kappa shape index (κ3) is 3.19. The van der Waals surface area contributed by atoms with E-state index in [1.807, 2.05) is 18.2 Å². The van der Waals surface area contributed by atoms with E-state index in [0.717, 1.165) is 17.0 Å². The lowest BCUT2D eigenvalue weighted by Crippen LogP contribution is -2.14. The highest BCUT2D eigenvalue weighted by Crippen LogP contribution is 2.32. The Morgan fingerprint density at radius 1 is 1.14 bits per heavy atom. The second-order valence-electron chi connectivity index (χ2n) is 5.31. The normalized spacial score (nSPS) is 12.5. The molecule has 3 N–H and O–H groups in total. The molecule has 0 aliphatic carbocycles. The van der Waals surface area contributed by atoms with Crippen LogP contribution in [-0.4, -0.2) is 31.0 Å². The van der Waals surface area contributed by atoms with Gasteiger partial charge in [-0.2, -0.15) is 5.10 Å². The highest BCUT2D eigenvalue weighted by Gasteiger charge is 2.18. The number of hydrogen-bond donors (Lipinski definition) is 2. The van der Waals surface area contributed by atoms with Crippen LogP contribution >= 0.6 is 0 Å². The summed E-state index contributed by atoms with van der Waals surface area (Å²) in [5.41, 5.74) is 9.11. The van der Waals surface area contributed by atoms with Gasteiger partial charge in [-0.25, -0.2) is 0 Å². The summed E-state index contributed by atoms with van der Waals surface area (Å²) in [6.45, 7) is 4.73. The van der Waals surface area contributed by atoms with Crippen molar-refractivity contribution in [3.8, 4) is 11.5 Å². The minimum absolute atomic E-state index is 0.0600. The molecule has 0 aliphatic heterocycles. The van der Waals surface area contributed by atoms with Crippen molar-refractivity contribution in [2.45, 2.75) is 25.7 Å². The molecule has 1 aromatic heterocycles. The molecule has 114 valence electrons. The van der Waals surface area contributed by atoms with Gasteiger partial charge in [-0.05, 0) is 29.7 Å². The van der Waals surface area contributed by atoms with E-state index in [1.165, 1.54) is 0 Å². The van der Waals surface area contributed by atoms with E-state index >= 15 is 0 Å². The molecule has 21 heavy (non-hydrogen) atoms. The van der Waals surface area contributed by atoms with Crippen molar-refractivity contribution < 1.29 is 9.47 Å². The fourth-order valence-electron chi connectivity index (χ4n) is 2.34. The second kappa shape index (κ2) is 6.63. The molecule has 0 fully saturated rings. The second-order valence-corrected chi connectivity index (χ2v) is 5.31. The van der Waals surface area contributed by atoms with E-state index in [4.69, 9.17) is 15.2 Å². The van der Waals surface area contributed by atoms with Gasteiger partial charge in [0.05, 0.1) is 19.9 Å². The van der Waals surface area contributed by atoms with Gasteiger partial charge in [0.1, 0.15) is 0 Å². The Morgan fingerprint density at radius 3 is 2.38 bits per heavy atom. The van der Waals surface area contributed by atoms with Crippen LogP contribution in [-0.2, 0) is 0 Å². The van der Waals surface area contributed by atoms with Gasteiger partial charge in [0.15, 0.2) is 11.5 Å². The number of methoxy groups -OCH3 is 2. The summed E-state index contributed by atoms with van der Waals surface area (Å²) < 4.78 is 10.6. The van der Waals surface area contributed by atoms with E-state index in [0.29, 0.717) is 24.0 Å². The lowest BCUT2D eigenvalue weighted by molar-refractivity contribution is 0.354. The number of H-pyrrole nitrogens is 1. The molecule has 1 heterocycles. The van der Waals surface area contributed by atoms with E-state index in [9.17, 15) is 0 Å². The monoisotopic (exact) mass is 289 g/mol. The predicted octanol–water partition coefficient (Wildman–Crippen LogP) is 2.64. The van der Waals surface area contributed by atoms with Gasteiger partial charge in [-0.15, -0.1) is 0 Å². The van der Waals surface area contributed by atoms with Gasteiger partial charge in [-0.1, -0.05) is 19.9 Å². The number of rotatable bonds is 6. The number of benzene rings is 1. The molecule has 1 unspecified atom stereocenters. The number of nitrogens with zero attached hydrogens (tertiary/aromatic N) is 1. The Morgan fingerprint density at radius 2 is 1.86 bits per heavy atom. The highest BCUT2D eigenvalue weighted by molar-refractivity contribution is 5.45. The van der Waals surface area contributed by atoms with Crippen LogP contribution in [0, 0.1) is 0 Å². The van der Waals surface area contributed by atoms with Crippen molar-refractivity contribution in [3.63, 3.8) is 0 Å². The summed E-state index contributed by atoms with van der Waals surface area (Å²) in [6, 6.07) is 7.95. The molecule has 0 amide bonds. The molecule has 0 radical (unpaired) electrons. The summed E-state index contributed by atoms with van der Waals surface area (Å²) in [5, 5.41) is 7.45. The number of nitrogens with one attached hydrogen (secondary N) is 1. The zero-order valence-electron chi connectivity index (χ0n) is 13.0. The van der Waals surface area contributed by atoms with Crippen molar-refractivity contribution in [2.24, 2.45) is 5.73 Å². The first-order chi connectivity index (χ1) is 10.1. The quantitative estimate of drug-likeness (QED) is 0.857. The number of hydrogen-bond acceptors (Lipinski definition) is 4. The molecule has 1 aromatic carbocycles. The molecular formula is C16H23N3O2. The van der Waals surface area contributed by atoms with Crippen LogP contribution in [0.5, 0.6) is 11.5 Å². The standard InChI is InChI=1S/C16H23N3O2/c1-10(2)13-8-14(19-18-13)12(9-17)11-5-6-15(20-3)16(7-11)21-4/h5-8,10,12H,9,17H2,1-4H3,(H,18,19). The fourth-order valence-corrected chi connectivity index (χ4v) is 2.34. The lowest BCUT2D eigenvalue weighted by atomic mass is 9.94. The summed E-state index contributed by atoms with van der Waals surface area (Å²) >= 11 is 0. The van der Waals surface area contributed by atoms with Crippen molar-refractivity contribution >= 4 is 0 Å². The topological polar surface area (TPSA) is 73.2 Å². The molecule has 1 atom stereocenters. The first kappa shape index (κ1) is 15.4. The van der Waals surface area contributed by atoms with Gasteiger partial charge in [-0.3, -0.25) is 5.10 Å². The van der Waals surface area contributed by atoms with Crippen molar-refractivity contribution in [3.05, 3.63) is 41.2 Å². The summed E-state index contributed by atoms with van der Waals surface area (Å²) in [6.07, 6.45) is 0. The largest absolute Gasteiger partial charge is 0.493 e. The first-order valence-electron chi connectivity index (χ1n) is 7.07. The van der Waals surface area contributed by atoms with Gasteiger partial charge in [0.2, 0.25) is 0 Å². The van der Waals surface area contributed by atoms with Gasteiger partial charge >= 0.3 is 0 Å². The molecule has 5 heteroatoms. The Hall–Kier alpha value is -2.01. The molecule has 0 aliphatic rings. The van der Waals surface area contributed by atoms with E-state index in [1.54, 1.807) is 14.2 Å². The SMILES string of the molecule is COc1ccc(C(CN)c2cc(C(C)C)n[nH]2)cc1OC. The number of nitrogens with two attached hydrogens (primary N) is 1. The molecule has 0 spiro atoms. The van der Waals surface area contributed by atoms with Crippen molar-refractivity contribution in [1.82, 2.24) is 10.2 Å². The fraction of sp³-hybridized carbons (Fsp3) is 0.438.